The first-order valence-corrected chi connectivity index (χ1v) is 24.0. The van der Waals surface area contributed by atoms with Crippen LogP contribution in [0.2, 0.25) is 0 Å². The molecule has 6 heterocycles. The van der Waals surface area contributed by atoms with Crippen molar-refractivity contribution >= 4 is 69.3 Å². The van der Waals surface area contributed by atoms with Crippen molar-refractivity contribution in [1.82, 2.24) is 24.5 Å². The lowest BCUT2D eigenvalue weighted by Crippen LogP contribution is -2.52. The van der Waals surface area contributed by atoms with Crippen LogP contribution < -0.4 is 24.7 Å². The Morgan fingerprint density at radius 3 is 2.40 bits per heavy atom. The molecule has 0 spiro atoms. The van der Waals surface area contributed by atoms with E-state index in [-0.39, 0.29) is 49.5 Å². The molecule has 67 heavy (non-hydrogen) atoms. The maximum absolute atomic E-state index is 15.7. The lowest BCUT2D eigenvalue weighted by Gasteiger charge is -2.39. The second kappa shape index (κ2) is 19.7. The van der Waals surface area contributed by atoms with Gasteiger partial charge in [0, 0.05) is 81.3 Å². The van der Waals surface area contributed by atoms with E-state index < -0.39 is 52.6 Å². The lowest BCUT2D eigenvalue weighted by molar-refractivity contribution is -0.134. The van der Waals surface area contributed by atoms with Crippen LogP contribution in [0.3, 0.4) is 0 Å². The minimum Gasteiger partial charge on any atom is -0.573 e. The van der Waals surface area contributed by atoms with E-state index in [1.165, 1.54) is 15.4 Å². The molecule has 18 heteroatoms. The van der Waals surface area contributed by atoms with Crippen LogP contribution in [0.25, 0.3) is 22.2 Å². The SMILES string of the molecule is CN(C)c1c(C2CCN(CC3CCN(c4ccc(-c5cnc6[nH]cc(C(=O)c7c(F)ccc(N[S+]([O-])N8CCC(F)C8)c7F)c6c5)cc4)CC3)CC2)cccc1N(C=O)C1CCC(=O)NC1=O. The first-order valence-electron chi connectivity index (χ1n) is 22.9. The van der Waals surface area contributed by atoms with Crippen LogP contribution in [0.15, 0.2) is 73.1 Å². The van der Waals surface area contributed by atoms with Crippen molar-refractivity contribution in [2.75, 3.05) is 79.3 Å². The van der Waals surface area contributed by atoms with Crippen LogP contribution in [0, 0.1) is 17.6 Å². The monoisotopic (exact) mass is 937 g/mol. The van der Waals surface area contributed by atoms with E-state index in [1.54, 1.807) is 12.3 Å². The number of rotatable bonds is 14. The first kappa shape index (κ1) is 46.2. The van der Waals surface area contributed by atoms with Gasteiger partial charge in [-0.05, 0) is 111 Å². The normalized spacial score (nSPS) is 20.5. The second-order valence-corrected chi connectivity index (χ2v) is 19.4. The second-order valence-electron chi connectivity index (χ2n) is 18.2. The molecule has 4 fully saturated rings. The zero-order valence-corrected chi connectivity index (χ0v) is 38.3. The standard InChI is InChI=1S/C49H54F3N9O5S/c1-57(2)46-36(4-3-5-41(46)61(29-62)42-12-13-43(63)55-49(42)65)32-16-19-58(20-17-32)27-30-14-21-59(22-15-30)35-8-6-31(7-9-35)33-24-37-38(26-54-48(37)53-25-33)47(64)44-39(51)10-11-40(45(44)52)56-67(66)60-23-18-34(50)28-60/h3-11,24-26,29-30,32,34,42,56H,12-23,27-28H2,1-2H3,(H,53,54)(H,55,63,65). The summed E-state index contributed by atoms with van der Waals surface area (Å²) in [6.07, 6.45) is 7.39. The van der Waals surface area contributed by atoms with Crippen molar-refractivity contribution in [2.45, 2.75) is 63.1 Å². The molecule has 3 unspecified atom stereocenters. The number of carbonyl (C=O) groups excluding carboxylic acids is 4. The Kier molecular flexibility index (Phi) is 13.6. The number of fused-ring (bicyclic) bond motifs is 1. The number of imide groups is 1. The number of aromatic amines is 1. The number of alkyl halides is 1. The van der Waals surface area contributed by atoms with Crippen LogP contribution in [-0.2, 0) is 25.9 Å². The van der Waals surface area contributed by atoms with E-state index in [1.807, 2.05) is 43.3 Å². The number of likely N-dealkylation sites (tertiary alicyclic amines) is 1. The van der Waals surface area contributed by atoms with Crippen molar-refractivity contribution in [2.24, 2.45) is 5.92 Å². The molecule has 4 aliphatic rings. The Morgan fingerprint density at radius 1 is 0.955 bits per heavy atom. The predicted molar refractivity (Wildman–Crippen MR) is 253 cm³/mol. The van der Waals surface area contributed by atoms with E-state index in [0.29, 0.717) is 35.0 Å². The average molecular weight is 938 g/mol. The van der Waals surface area contributed by atoms with E-state index >= 15 is 8.78 Å². The fourth-order valence-corrected chi connectivity index (χ4v) is 11.2. The fourth-order valence-electron chi connectivity index (χ4n) is 10.2. The third-order valence-corrected chi connectivity index (χ3v) is 15.0. The van der Waals surface area contributed by atoms with Gasteiger partial charge < -0.3 is 29.1 Å². The summed E-state index contributed by atoms with van der Waals surface area (Å²) in [5, 5.41) is 2.77. The van der Waals surface area contributed by atoms with E-state index in [0.717, 1.165) is 98.6 Å². The van der Waals surface area contributed by atoms with Gasteiger partial charge in [0.15, 0.2) is 17.4 Å². The molecule has 3 atom stereocenters. The summed E-state index contributed by atoms with van der Waals surface area (Å²) in [7, 11) is 3.92. The molecule has 2 aromatic heterocycles. The first-order chi connectivity index (χ1) is 32.4. The predicted octanol–water partition coefficient (Wildman–Crippen LogP) is 6.70. The molecule has 4 aliphatic heterocycles. The van der Waals surface area contributed by atoms with E-state index in [4.69, 9.17) is 0 Å². The zero-order chi connectivity index (χ0) is 46.9. The van der Waals surface area contributed by atoms with Gasteiger partial charge in [-0.25, -0.2) is 18.2 Å². The van der Waals surface area contributed by atoms with Crippen molar-refractivity contribution in [3.05, 3.63) is 101 Å². The topological polar surface area (TPSA) is 160 Å². The fraction of sp³-hybridized carbons (Fsp3) is 0.408. The molecule has 0 aliphatic carbocycles. The van der Waals surface area contributed by atoms with Crippen molar-refractivity contribution in [3.63, 3.8) is 0 Å². The number of pyridine rings is 1. The Hall–Kier alpha value is -5.95. The van der Waals surface area contributed by atoms with Crippen molar-refractivity contribution < 1.29 is 36.9 Å². The molecule has 0 radical (unpaired) electrons. The number of hydrogen-bond donors (Lipinski definition) is 3. The van der Waals surface area contributed by atoms with Gasteiger partial charge in [0.1, 0.15) is 29.4 Å². The van der Waals surface area contributed by atoms with Crippen LogP contribution >= 0.6 is 0 Å². The number of carbonyl (C=O) groups is 4. The Balaban J connectivity index is 0.799. The highest BCUT2D eigenvalue weighted by Crippen LogP contribution is 2.41. The van der Waals surface area contributed by atoms with Gasteiger partial charge in [-0.15, -0.1) is 4.31 Å². The number of piperidine rings is 3. The van der Waals surface area contributed by atoms with Crippen molar-refractivity contribution in [1.29, 1.82) is 0 Å². The quantitative estimate of drug-likeness (QED) is 0.0471. The number of nitrogens with zero attached hydrogens (tertiary/aromatic N) is 6. The summed E-state index contributed by atoms with van der Waals surface area (Å²) >= 11 is -1.98. The van der Waals surface area contributed by atoms with Crippen LogP contribution in [0.4, 0.5) is 35.9 Å². The summed E-state index contributed by atoms with van der Waals surface area (Å²) < 4.78 is 61.1. The molecule has 3 amide bonds. The molecule has 5 aromatic rings. The molecule has 0 bridgehead atoms. The average Bonchev–Trinajstić information content (AvgIpc) is 3.97. The van der Waals surface area contributed by atoms with Crippen LogP contribution in [-0.4, -0.2) is 120 Å². The number of benzene rings is 3. The highest BCUT2D eigenvalue weighted by molar-refractivity contribution is 7.90. The molecular weight excluding hydrogens is 884 g/mol. The molecule has 0 saturated carbocycles. The highest BCUT2D eigenvalue weighted by Gasteiger charge is 2.36. The highest BCUT2D eigenvalue weighted by atomic mass is 32.2. The molecule has 9 rings (SSSR count). The number of para-hydroxylation sites is 1. The zero-order valence-electron chi connectivity index (χ0n) is 37.5. The third kappa shape index (κ3) is 9.62. The van der Waals surface area contributed by atoms with Gasteiger partial charge in [0.2, 0.25) is 24.0 Å². The van der Waals surface area contributed by atoms with Crippen LogP contribution in [0.5, 0.6) is 0 Å². The molecule has 3 N–H and O–H groups in total. The van der Waals surface area contributed by atoms with Gasteiger partial charge in [0.25, 0.3) is 0 Å². The molecule has 3 aromatic carbocycles. The van der Waals surface area contributed by atoms with Crippen LogP contribution in [0.1, 0.15) is 72.3 Å². The molecule has 4 saturated heterocycles. The number of hydrogen-bond acceptors (Lipinski definition) is 11. The van der Waals surface area contributed by atoms with Gasteiger partial charge >= 0.3 is 0 Å². The largest absolute Gasteiger partial charge is 0.573 e. The molecule has 14 nitrogen and oxygen atoms in total. The Labute approximate surface area is 390 Å². The summed E-state index contributed by atoms with van der Waals surface area (Å²) in [5.74, 6) is -3.06. The number of aromatic nitrogens is 2. The number of anilines is 4. The van der Waals surface area contributed by atoms with Gasteiger partial charge in [-0.1, -0.05) is 24.3 Å². The summed E-state index contributed by atoms with van der Waals surface area (Å²) in [5.41, 5.74) is 4.73. The summed E-state index contributed by atoms with van der Waals surface area (Å²) in [4.78, 5) is 66.7. The number of halogens is 3. The minimum atomic E-state index is -1.98. The Bertz CT molecular complexity index is 2650. The summed E-state index contributed by atoms with van der Waals surface area (Å²) in [6.45, 7) is 4.97. The Morgan fingerprint density at radius 2 is 1.72 bits per heavy atom. The minimum absolute atomic E-state index is 0.0310. The number of H-pyrrole nitrogens is 1. The van der Waals surface area contributed by atoms with E-state index in [2.05, 4.69) is 48.0 Å². The van der Waals surface area contributed by atoms with Gasteiger partial charge in [-0.2, -0.15) is 4.72 Å². The lowest BCUT2D eigenvalue weighted by atomic mass is 9.86. The van der Waals surface area contributed by atoms with E-state index in [9.17, 15) is 28.1 Å². The maximum Gasteiger partial charge on any atom is 0.249 e. The smallest absolute Gasteiger partial charge is 0.249 e. The van der Waals surface area contributed by atoms with Gasteiger partial charge in [0.05, 0.1) is 23.5 Å². The maximum atomic E-state index is 15.7. The number of nitrogens with one attached hydrogen (secondary N) is 3. The molecule has 352 valence electrons. The number of ketones is 1. The van der Waals surface area contributed by atoms with Crippen molar-refractivity contribution in [3.8, 4) is 11.1 Å². The summed E-state index contributed by atoms with van der Waals surface area (Å²) in [6, 6.07) is 17.2. The molecular formula is C49H54F3N9O5S. The third-order valence-electron chi connectivity index (χ3n) is 13.8. The number of amides is 3. The van der Waals surface area contributed by atoms with Gasteiger partial charge in [-0.3, -0.25) is 24.5 Å².